The van der Waals surface area contributed by atoms with Gasteiger partial charge in [0.1, 0.15) is 11.6 Å². The number of nitrogens with one attached hydrogen (secondary N) is 1. The van der Waals surface area contributed by atoms with Gasteiger partial charge in [0.25, 0.3) is 0 Å². The largest absolute Gasteiger partial charge is 0.493 e. The minimum Gasteiger partial charge on any atom is -0.493 e. The van der Waals surface area contributed by atoms with Crippen molar-refractivity contribution in [2.24, 2.45) is 0 Å². The molecule has 0 fully saturated rings. The van der Waals surface area contributed by atoms with Crippen molar-refractivity contribution in [1.82, 2.24) is 5.32 Å². The molecule has 114 valence electrons. The molecule has 1 rings (SSSR count). The molecule has 2 nitrogen and oxygen atoms in total. The quantitative estimate of drug-likeness (QED) is 0.629. The summed E-state index contributed by atoms with van der Waals surface area (Å²) in [5.41, 5.74) is 1.01. The van der Waals surface area contributed by atoms with Crippen LogP contribution in [-0.4, -0.2) is 19.8 Å². The Kier molecular flexibility index (Phi) is 5.80. The number of ether oxygens (including phenoxy) is 1. The highest BCUT2D eigenvalue weighted by Gasteiger charge is 2.26. The maximum absolute atomic E-state index is 13.6. The lowest BCUT2D eigenvalue weighted by Crippen LogP contribution is -2.15. The molecule has 0 saturated heterocycles. The smallest absolute Gasteiger partial charge is 0.389 e. The van der Waals surface area contributed by atoms with Gasteiger partial charge in [0.05, 0.1) is 6.61 Å². The van der Waals surface area contributed by atoms with Crippen molar-refractivity contribution < 1.29 is 22.3 Å². The highest BCUT2D eigenvalue weighted by molar-refractivity contribution is 5.40. The Labute approximate surface area is 116 Å². The second-order valence-electron chi connectivity index (χ2n) is 4.72. The highest BCUT2D eigenvalue weighted by Crippen LogP contribution is 2.29. The molecule has 0 aliphatic carbocycles. The Hall–Kier alpha value is -1.30. The van der Waals surface area contributed by atoms with Gasteiger partial charge >= 0.3 is 6.18 Å². The van der Waals surface area contributed by atoms with Crippen molar-refractivity contribution in [2.45, 2.75) is 38.9 Å². The highest BCUT2D eigenvalue weighted by atomic mass is 19.4. The molecule has 0 bridgehead atoms. The molecule has 0 heterocycles. The van der Waals surface area contributed by atoms with Gasteiger partial charge in [0.15, 0.2) is 0 Å². The van der Waals surface area contributed by atoms with Crippen LogP contribution in [0.25, 0.3) is 0 Å². The van der Waals surface area contributed by atoms with Gasteiger partial charge in [-0.05, 0) is 45.0 Å². The lowest BCUT2D eigenvalue weighted by molar-refractivity contribution is -0.136. The van der Waals surface area contributed by atoms with Crippen LogP contribution in [0, 0.1) is 12.7 Å². The summed E-state index contributed by atoms with van der Waals surface area (Å²) >= 11 is 0. The van der Waals surface area contributed by atoms with Crippen LogP contribution in [0.3, 0.4) is 0 Å². The predicted octanol–water partition coefficient (Wildman–Crippen LogP) is 4.14. The zero-order valence-corrected chi connectivity index (χ0v) is 11.8. The summed E-state index contributed by atoms with van der Waals surface area (Å²) in [6, 6.07) is 2.73. The predicted molar refractivity (Wildman–Crippen MR) is 69.4 cm³/mol. The molecule has 0 aliphatic rings. The van der Waals surface area contributed by atoms with E-state index in [0.717, 1.165) is 0 Å². The van der Waals surface area contributed by atoms with Crippen molar-refractivity contribution in [1.29, 1.82) is 0 Å². The van der Waals surface area contributed by atoms with E-state index in [-0.39, 0.29) is 24.9 Å². The van der Waals surface area contributed by atoms with Crippen molar-refractivity contribution in [3.05, 3.63) is 29.1 Å². The van der Waals surface area contributed by atoms with E-state index >= 15 is 0 Å². The first-order valence-electron chi connectivity index (χ1n) is 6.41. The van der Waals surface area contributed by atoms with Gasteiger partial charge < -0.3 is 10.1 Å². The van der Waals surface area contributed by atoms with Crippen LogP contribution in [0.15, 0.2) is 12.1 Å². The van der Waals surface area contributed by atoms with Gasteiger partial charge in [-0.25, -0.2) is 4.39 Å². The van der Waals surface area contributed by atoms with E-state index < -0.39 is 12.6 Å². The normalized spacial score (nSPS) is 13.3. The summed E-state index contributed by atoms with van der Waals surface area (Å²) in [4.78, 5) is 0. The van der Waals surface area contributed by atoms with Gasteiger partial charge in [-0.2, -0.15) is 13.2 Å². The van der Waals surface area contributed by atoms with Crippen LogP contribution in [0.1, 0.15) is 36.9 Å². The second kappa shape index (κ2) is 6.92. The first kappa shape index (κ1) is 16.8. The standard InChI is InChI=1S/C14H19F4NO/c1-9-7-13(20-6-4-5-14(16,17)18)11(8-12(9)15)10(2)19-3/h7-8,10,19H,4-6H2,1-3H3. The number of rotatable bonds is 6. The van der Waals surface area contributed by atoms with Crippen LogP contribution in [0.5, 0.6) is 5.75 Å². The minimum absolute atomic E-state index is 0.0476. The summed E-state index contributed by atoms with van der Waals surface area (Å²) in [5, 5.41) is 2.96. The van der Waals surface area contributed by atoms with Gasteiger partial charge in [0.2, 0.25) is 0 Å². The fourth-order valence-electron chi connectivity index (χ4n) is 1.74. The third-order valence-electron chi connectivity index (χ3n) is 3.05. The third kappa shape index (κ3) is 5.00. The molecule has 1 aromatic rings. The van der Waals surface area contributed by atoms with Gasteiger partial charge in [-0.15, -0.1) is 0 Å². The number of aryl methyl sites for hydroxylation is 1. The van der Waals surface area contributed by atoms with Crippen molar-refractivity contribution in [3.63, 3.8) is 0 Å². The maximum atomic E-state index is 13.6. The number of alkyl halides is 3. The van der Waals surface area contributed by atoms with E-state index in [4.69, 9.17) is 4.74 Å². The number of benzene rings is 1. The van der Waals surface area contributed by atoms with Crippen LogP contribution in [-0.2, 0) is 0 Å². The zero-order valence-electron chi connectivity index (χ0n) is 11.8. The molecule has 0 amide bonds. The average molecular weight is 293 g/mol. The van der Waals surface area contributed by atoms with E-state index in [2.05, 4.69) is 5.32 Å². The number of halogens is 4. The Morgan fingerprint density at radius 3 is 2.50 bits per heavy atom. The molecule has 1 unspecified atom stereocenters. The molecule has 0 spiro atoms. The van der Waals surface area contributed by atoms with E-state index in [1.165, 1.54) is 12.1 Å². The van der Waals surface area contributed by atoms with E-state index in [1.807, 2.05) is 6.92 Å². The minimum atomic E-state index is -4.18. The molecule has 1 atom stereocenters. The Balaban J connectivity index is 2.75. The third-order valence-corrected chi connectivity index (χ3v) is 3.05. The van der Waals surface area contributed by atoms with Crippen LogP contribution < -0.4 is 10.1 Å². The molecule has 1 aromatic carbocycles. The van der Waals surface area contributed by atoms with Gasteiger partial charge in [0, 0.05) is 18.0 Å². The van der Waals surface area contributed by atoms with Crippen molar-refractivity contribution >= 4 is 0 Å². The lowest BCUT2D eigenvalue weighted by Gasteiger charge is -2.18. The summed E-state index contributed by atoms with van der Waals surface area (Å²) in [6.45, 7) is 3.37. The SMILES string of the molecule is CNC(C)c1cc(F)c(C)cc1OCCCC(F)(F)F. The molecule has 6 heteroatoms. The summed E-state index contributed by atoms with van der Waals surface area (Å²) < 4.78 is 55.1. The molecular weight excluding hydrogens is 274 g/mol. The average Bonchev–Trinajstić information content (AvgIpc) is 2.36. The number of hydrogen-bond acceptors (Lipinski definition) is 2. The van der Waals surface area contributed by atoms with Gasteiger partial charge in [-0.1, -0.05) is 0 Å². The summed E-state index contributed by atoms with van der Waals surface area (Å²) in [6.07, 6.45) is -5.18. The first-order valence-corrected chi connectivity index (χ1v) is 6.41. The monoisotopic (exact) mass is 293 g/mol. The fourth-order valence-corrected chi connectivity index (χ4v) is 1.74. The van der Waals surface area contributed by atoms with Crippen LogP contribution >= 0.6 is 0 Å². The molecule has 1 N–H and O–H groups in total. The molecular formula is C14H19F4NO. The number of hydrogen-bond donors (Lipinski definition) is 1. The Morgan fingerprint density at radius 2 is 1.95 bits per heavy atom. The van der Waals surface area contributed by atoms with E-state index in [0.29, 0.717) is 16.9 Å². The van der Waals surface area contributed by atoms with Crippen molar-refractivity contribution in [2.75, 3.05) is 13.7 Å². The van der Waals surface area contributed by atoms with Crippen LogP contribution in [0.4, 0.5) is 17.6 Å². The first-order chi connectivity index (χ1) is 9.24. The fraction of sp³-hybridized carbons (Fsp3) is 0.571. The molecule has 0 saturated carbocycles. The van der Waals surface area contributed by atoms with Crippen LogP contribution in [0.2, 0.25) is 0 Å². The molecule has 0 radical (unpaired) electrons. The zero-order chi connectivity index (χ0) is 15.3. The van der Waals surface area contributed by atoms with Crippen molar-refractivity contribution in [3.8, 4) is 5.75 Å². The molecule has 0 aromatic heterocycles. The maximum Gasteiger partial charge on any atom is 0.389 e. The lowest BCUT2D eigenvalue weighted by atomic mass is 10.0. The van der Waals surface area contributed by atoms with E-state index in [1.54, 1.807) is 14.0 Å². The topological polar surface area (TPSA) is 21.3 Å². The van der Waals surface area contributed by atoms with E-state index in [9.17, 15) is 17.6 Å². The Morgan fingerprint density at radius 1 is 1.30 bits per heavy atom. The molecule has 20 heavy (non-hydrogen) atoms. The molecule has 0 aliphatic heterocycles. The summed E-state index contributed by atoms with van der Waals surface area (Å²) in [7, 11) is 1.72. The summed E-state index contributed by atoms with van der Waals surface area (Å²) in [5.74, 6) is 0.0673. The Bertz CT molecular complexity index is 446. The van der Waals surface area contributed by atoms with Gasteiger partial charge in [-0.3, -0.25) is 0 Å². The second-order valence-corrected chi connectivity index (χ2v) is 4.72.